The van der Waals surface area contributed by atoms with Crippen LogP contribution in [0.15, 0.2) is 156 Å². The number of furan rings is 1. The Balaban J connectivity index is 1.43. The minimum Gasteiger partial charge on any atom is -0.456 e. The Morgan fingerprint density at radius 3 is 2.02 bits per heavy atom. The molecule has 0 radical (unpaired) electrons. The first-order valence-electron chi connectivity index (χ1n) is 15.5. The Kier molecular flexibility index (Phi) is 5.25. The molecule has 0 amide bonds. The molecule has 0 saturated heterocycles. The van der Waals surface area contributed by atoms with Crippen LogP contribution < -0.4 is 0 Å². The number of fused-ring (bicyclic) bond motifs is 9. The third-order valence-corrected chi connectivity index (χ3v) is 9.18. The first-order valence-corrected chi connectivity index (χ1v) is 15.5. The standard InChI is InChI=1S/C42H25N3O/c1-2-13-27(14-3-1)40-42(44-34-21-8-7-20-33(34)43-40)45-35-25-24-26-12-4-5-15-28(26)38(35)32-19-10-18-30(41(32)45)29-17-11-23-37-39(29)31-16-6-9-22-36(31)46-37/h1-25H. The van der Waals surface area contributed by atoms with Gasteiger partial charge in [-0.1, -0.05) is 121 Å². The van der Waals surface area contributed by atoms with Crippen LogP contribution in [-0.2, 0) is 0 Å². The fraction of sp³-hybridized carbons (Fsp3) is 0. The van der Waals surface area contributed by atoms with Crippen molar-refractivity contribution in [2.45, 2.75) is 0 Å². The zero-order valence-corrected chi connectivity index (χ0v) is 24.7. The largest absolute Gasteiger partial charge is 0.456 e. The van der Waals surface area contributed by atoms with Gasteiger partial charge in [0.05, 0.1) is 22.1 Å². The van der Waals surface area contributed by atoms with Gasteiger partial charge in [-0.2, -0.15) is 0 Å². The van der Waals surface area contributed by atoms with E-state index in [0.717, 1.165) is 72.2 Å². The molecule has 0 unspecified atom stereocenters. The van der Waals surface area contributed by atoms with Crippen LogP contribution in [0.25, 0.3) is 93.8 Å². The van der Waals surface area contributed by atoms with E-state index in [2.05, 4.69) is 114 Å². The molecule has 4 nitrogen and oxygen atoms in total. The Morgan fingerprint density at radius 2 is 1.13 bits per heavy atom. The molecule has 0 saturated carbocycles. The maximum atomic E-state index is 6.35. The molecule has 10 rings (SSSR count). The quantitative estimate of drug-likeness (QED) is 0.207. The molecule has 0 fully saturated rings. The van der Waals surface area contributed by atoms with Gasteiger partial charge in [0.1, 0.15) is 16.9 Å². The number of aromatic nitrogens is 3. The second kappa shape index (κ2) is 9.62. The monoisotopic (exact) mass is 587 g/mol. The van der Waals surface area contributed by atoms with Crippen LogP contribution in [0, 0.1) is 0 Å². The summed E-state index contributed by atoms with van der Waals surface area (Å²) in [6.07, 6.45) is 0. The van der Waals surface area contributed by atoms with Crippen molar-refractivity contribution in [2.75, 3.05) is 0 Å². The van der Waals surface area contributed by atoms with Crippen molar-refractivity contribution >= 4 is 65.6 Å². The zero-order chi connectivity index (χ0) is 30.2. The highest BCUT2D eigenvalue weighted by Crippen LogP contribution is 2.45. The van der Waals surface area contributed by atoms with Crippen LogP contribution in [0.3, 0.4) is 0 Å². The van der Waals surface area contributed by atoms with Gasteiger partial charge in [-0.15, -0.1) is 0 Å². The van der Waals surface area contributed by atoms with E-state index in [0.29, 0.717) is 0 Å². The normalized spacial score (nSPS) is 11.9. The average molecular weight is 588 g/mol. The highest BCUT2D eigenvalue weighted by molar-refractivity contribution is 6.25. The van der Waals surface area contributed by atoms with Crippen molar-refractivity contribution in [3.05, 3.63) is 152 Å². The molecule has 3 heterocycles. The molecule has 3 aromatic heterocycles. The lowest BCUT2D eigenvalue weighted by atomic mass is 9.96. The topological polar surface area (TPSA) is 43.9 Å². The van der Waals surface area contributed by atoms with Gasteiger partial charge >= 0.3 is 0 Å². The molecule has 0 aliphatic carbocycles. The Bertz CT molecular complexity index is 2810. The molecule has 10 aromatic rings. The van der Waals surface area contributed by atoms with E-state index in [1.54, 1.807) is 0 Å². The summed E-state index contributed by atoms with van der Waals surface area (Å²) in [4.78, 5) is 10.7. The summed E-state index contributed by atoms with van der Waals surface area (Å²) in [5, 5.41) is 7.00. The van der Waals surface area contributed by atoms with Gasteiger partial charge in [0.25, 0.3) is 0 Å². The molecule has 7 aromatic carbocycles. The SMILES string of the molecule is c1ccc(-c2nc3ccccc3nc2-n2c3ccc4ccccc4c3c3cccc(-c4cccc5oc6ccccc6c45)c32)cc1. The first kappa shape index (κ1) is 25.1. The van der Waals surface area contributed by atoms with Crippen molar-refractivity contribution in [3.63, 3.8) is 0 Å². The summed E-state index contributed by atoms with van der Waals surface area (Å²) in [5.74, 6) is 0.803. The van der Waals surface area contributed by atoms with Crippen LogP contribution in [-0.4, -0.2) is 14.5 Å². The molecule has 214 valence electrons. The summed E-state index contributed by atoms with van der Waals surface area (Å²) in [6.45, 7) is 0. The van der Waals surface area contributed by atoms with E-state index in [-0.39, 0.29) is 0 Å². The lowest BCUT2D eigenvalue weighted by molar-refractivity contribution is 0.669. The van der Waals surface area contributed by atoms with Gasteiger partial charge in [-0.05, 0) is 46.7 Å². The van der Waals surface area contributed by atoms with Crippen LogP contribution in [0.1, 0.15) is 0 Å². The number of rotatable bonds is 3. The van der Waals surface area contributed by atoms with E-state index < -0.39 is 0 Å². The maximum Gasteiger partial charge on any atom is 0.165 e. The van der Waals surface area contributed by atoms with E-state index in [9.17, 15) is 0 Å². The van der Waals surface area contributed by atoms with Crippen LogP contribution in [0.4, 0.5) is 0 Å². The Labute approximate surface area is 263 Å². The molecule has 46 heavy (non-hydrogen) atoms. The highest BCUT2D eigenvalue weighted by Gasteiger charge is 2.24. The fourth-order valence-corrected chi connectivity index (χ4v) is 7.21. The second-order valence-corrected chi connectivity index (χ2v) is 11.7. The zero-order valence-electron chi connectivity index (χ0n) is 24.7. The van der Waals surface area contributed by atoms with Gasteiger partial charge in [0.15, 0.2) is 5.82 Å². The lowest BCUT2D eigenvalue weighted by Crippen LogP contribution is -2.04. The van der Waals surface area contributed by atoms with Gasteiger partial charge in [-0.3, -0.25) is 4.57 Å². The van der Waals surface area contributed by atoms with Crippen LogP contribution >= 0.6 is 0 Å². The molecule has 0 spiro atoms. The maximum absolute atomic E-state index is 6.35. The third-order valence-electron chi connectivity index (χ3n) is 9.18. The van der Waals surface area contributed by atoms with E-state index >= 15 is 0 Å². The van der Waals surface area contributed by atoms with Crippen LogP contribution in [0.5, 0.6) is 0 Å². The number of nitrogens with zero attached hydrogens (tertiary/aromatic N) is 3. The van der Waals surface area contributed by atoms with Crippen molar-refractivity contribution in [1.29, 1.82) is 0 Å². The molecule has 0 aliphatic rings. The second-order valence-electron chi connectivity index (χ2n) is 11.7. The van der Waals surface area contributed by atoms with Gasteiger partial charge in [0, 0.05) is 32.7 Å². The molecule has 0 bridgehead atoms. The van der Waals surface area contributed by atoms with Crippen molar-refractivity contribution < 1.29 is 4.42 Å². The van der Waals surface area contributed by atoms with Crippen molar-refractivity contribution in [2.24, 2.45) is 0 Å². The summed E-state index contributed by atoms with van der Waals surface area (Å²) < 4.78 is 8.70. The summed E-state index contributed by atoms with van der Waals surface area (Å²) in [7, 11) is 0. The lowest BCUT2D eigenvalue weighted by Gasteiger charge is -2.16. The average Bonchev–Trinajstić information content (AvgIpc) is 3.68. The van der Waals surface area contributed by atoms with Crippen molar-refractivity contribution in [3.8, 4) is 28.2 Å². The summed E-state index contributed by atoms with van der Waals surface area (Å²) >= 11 is 0. The van der Waals surface area contributed by atoms with E-state index in [1.165, 1.54) is 21.5 Å². The smallest absolute Gasteiger partial charge is 0.165 e. The van der Waals surface area contributed by atoms with E-state index in [4.69, 9.17) is 14.4 Å². The highest BCUT2D eigenvalue weighted by atomic mass is 16.3. The number of benzene rings is 7. The van der Waals surface area contributed by atoms with Gasteiger partial charge < -0.3 is 4.42 Å². The van der Waals surface area contributed by atoms with Gasteiger partial charge in [0.2, 0.25) is 0 Å². The fourth-order valence-electron chi connectivity index (χ4n) is 7.21. The van der Waals surface area contributed by atoms with Crippen LogP contribution in [0.2, 0.25) is 0 Å². The first-order chi connectivity index (χ1) is 22.8. The molecule has 0 N–H and O–H groups in total. The predicted octanol–water partition coefficient (Wildman–Crippen LogP) is 11.1. The molecular formula is C42H25N3O. The number of para-hydroxylation sites is 4. The minimum absolute atomic E-state index is 0.803. The molecule has 0 atom stereocenters. The molecule has 0 aliphatic heterocycles. The Morgan fingerprint density at radius 1 is 0.457 bits per heavy atom. The number of hydrogen-bond acceptors (Lipinski definition) is 3. The van der Waals surface area contributed by atoms with Gasteiger partial charge in [-0.25, -0.2) is 9.97 Å². The third kappa shape index (κ3) is 3.55. The Hall–Kier alpha value is -6.26. The minimum atomic E-state index is 0.803. The summed E-state index contributed by atoms with van der Waals surface area (Å²) in [6, 6.07) is 52.9. The summed E-state index contributed by atoms with van der Waals surface area (Å²) in [5.41, 5.74) is 9.76. The van der Waals surface area contributed by atoms with Crippen molar-refractivity contribution in [1.82, 2.24) is 14.5 Å². The van der Waals surface area contributed by atoms with E-state index in [1.807, 2.05) is 42.5 Å². The molecule has 4 heteroatoms. The molecular weight excluding hydrogens is 562 g/mol. The predicted molar refractivity (Wildman–Crippen MR) is 190 cm³/mol. The number of hydrogen-bond donors (Lipinski definition) is 0.